The van der Waals surface area contributed by atoms with Gasteiger partial charge in [-0.2, -0.15) is 0 Å². The Hall–Kier alpha value is -1.02. The molecule has 1 aromatic carbocycles. The molecule has 1 saturated heterocycles. The summed E-state index contributed by atoms with van der Waals surface area (Å²) in [6.07, 6.45) is 1.29. The van der Waals surface area contributed by atoms with Crippen LogP contribution in [0, 0.1) is 6.92 Å². The Labute approximate surface area is 126 Å². The maximum Gasteiger partial charge on any atom is 0.0426 e. The normalized spacial score (nSPS) is 17.6. The SMILES string of the molecule is CC.CC.CCN1CCC(N(C)c2cccc(C)c2)C1. The van der Waals surface area contributed by atoms with E-state index in [1.54, 1.807) is 0 Å². The third-order valence-electron chi connectivity index (χ3n) is 3.65. The van der Waals surface area contributed by atoms with E-state index in [4.69, 9.17) is 0 Å². The molecule has 0 N–H and O–H groups in total. The van der Waals surface area contributed by atoms with Gasteiger partial charge in [0.25, 0.3) is 0 Å². The van der Waals surface area contributed by atoms with Crippen LogP contribution in [-0.2, 0) is 0 Å². The van der Waals surface area contributed by atoms with Crippen molar-refractivity contribution in [1.82, 2.24) is 4.90 Å². The molecule has 1 fully saturated rings. The van der Waals surface area contributed by atoms with Gasteiger partial charge in [-0.3, -0.25) is 0 Å². The number of rotatable bonds is 3. The van der Waals surface area contributed by atoms with Crippen molar-refractivity contribution in [3.8, 4) is 0 Å². The summed E-state index contributed by atoms with van der Waals surface area (Å²) in [5.74, 6) is 0. The number of likely N-dealkylation sites (tertiary alicyclic amines) is 1. The van der Waals surface area contributed by atoms with Crippen LogP contribution in [0.25, 0.3) is 0 Å². The fraction of sp³-hybridized carbons (Fsp3) is 0.667. The molecule has 0 spiro atoms. The highest BCUT2D eigenvalue weighted by molar-refractivity contribution is 5.48. The highest BCUT2D eigenvalue weighted by Gasteiger charge is 2.24. The third-order valence-corrected chi connectivity index (χ3v) is 3.65. The van der Waals surface area contributed by atoms with Gasteiger partial charge in [0.2, 0.25) is 0 Å². The van der Waals surface area contributed by atoms with Gasteiger partial charge in [0.05, 0.1) is 0 Å². The van der Waals surface area contributed by atoms with Gasteiger partial charge in [-0.05, 0) is 37.6 Å². The Morgan fingerprint density at radius 3 is 2.35 bits per heavy atom. The molecule has 2 nitrogen and oxygen atoms in total. The minimum atomic E-state index is 0.682. The molecule has 1 unspecified atom stereocenters. The van der Waals surface area contributed by atoms with Crippen molar-refractivity contribution in [3.05, 3.63) is 29.8 Å². The predicted molar refractivity (Wildman–Crippen MR) is 92.8 cm³/mol. The summed E-state index contributed by atoms with van der Waals surface area (Å²) in [5, 5.41) is 0. The summed E-state index contributed by atoms with van der Waals surface area (Å²) in [6, 6.07) is 9.47. The Bertz CT molecular complexity index is 349. The number of nitrogens with zero attached hydrogens (tertiary/aromatic N) is 2. The Kier molecular flexibility index (Phi) is 10.2. The largest absolute Gasteiger partial charge is 0.370 e. The second-order valence-electron chi connectivity index (χ2n) is 4.79. The van der Waals surface area contributed by atoms with Crippen molar-refractivity contribution in [2.45, 2.75) is 54.0 Å². The van der Waals surface area contributed by atoms with Crippen molar-refractivity contribution in [2.75, 3.05) is 31.6 Å². The number of aryl methyl sites for hydroxylation is 1. The maximum atomic E-state index is 2.52. The van der Waals surface area contributed by atoms with Gasteiger partial charge in [0.15, 0.2) is 0 Å². The van der Waals surface area contributed by atoms with Crippen molar-refractivity contribution < 1.29 is 0 Å². The van der Waals surface area contributed by atoms with Crippen LogP contribution < -0.4 is 4.90 Å². The first-order chi connectivity index (χ1) is 9.70. The molecule has 1 aliphatic heterocycles. The predicted octanol–water partition coefficient (Wildman–Crippen LogP) is 4.58. The lowest BCUT2D eigenvalue weighted by Gasteiger charge is -2.27. The van der Waals surface area contributed by atoms with Gasteiger partial charge in [-0.1, -0.05) is 46.8 Å². The molecule has 0 aliphatic carbocycles. The number of hydrogen-bond acceptors (Lipinski definition) is 2. The molecule has 20 heavy (non-hydrogen) atoms. The molecule has 116 valence electrons. The monoisotopic (exact) mass is 278 g/mol. The average Bonchev–Trinajstić information content (AvgIpc) is 2.99. The molecule has 0 radical (unpaired) electrons. The maximum absolute atomic E-state index is 2.52. The Morgan fingerprint density at radius 2 is 1.85 bits per heavy atom. The fourth-order valence-corrected chi connectivity index (χ4v) is 2.47. The van der Waals surface area contributed by atoms with Crippen LogP contribution in [0.5, 0.6) is 0 Å². The van der Waals surface area contributed by atoms with E-state index in [9.17, 15) is 0 Å². The standard InChI is InChI=1S/C14H22N2.2C2H6/c1-4-16-9-8-14(11-16)15(3)13-7-5-6-12(2)10-13;2*1-2/h5-7,10,14H,4,8-9,11H2,1-3H3;2*1-2H3. The molecule has 2 rings (SSSR count). The van der Waals surface area contributed by atoms with Crippen molar-refractivity contribution in [3.63, 3.8) is 0 Å². The Morgan fingerprint density at radius 1 is 1.20 bits per heavy atom. The molecule has 0 bridgehead atoms. The quantitative estimate of drug-likeness (QED) is 0.798. The van der Waals surface area contributed by atoms with E-state index >= 15 is 0 Å². The first-order valence-electron chi connectivity index (χ1n) is 8.22. The summed E-state index contributed by atoms with van der Waals surface area (Å²) in [5.41, 5.74) is 2.69. The lowest BCUT2D eigenvalue weighted by atomic mass is 10.1. The molecule has 1 aliphatic rings. The average molecular weight is 278 g/mol. The number of hydrogen-bond donors (Lipinski definition) is 0. The van der Waals surface area contributed by atoms with E-state index in [0.717, 1.165) is 0 Å². The van der Waals surface area contributed by atoms with Gasteiger partial charge < -0.3 is 9.80 Å². The van der Waals surface area contributed by atoms with Gasteiger partial charge in [-0.25, -0.2) is 0 Å². The zero-order valence-electron chi connectivity index (χ0n) is 14.6. The molecular formula is C18H34N2. The van der Waals surface area contributed by atoms with Crippen molar-refractivity contribution in [2.24, 2.45) is 0 Å². The summed E-state index contributed by atoms with van der Waals surface area (Å²) in [6.45, 7) is 16.0. The van der Waals surface area contributed by atoms with Crippen LogP contribution >= 0.6 is 0 Å². The summed E-state index contributed by atoms with van der Waals surface area (Å²) in [7, 11) is 2.22. The lowest BCUT2D eigenvalue weighted by Crippen LogP contribution is -2.34. The zero-order valence-corrected chi connectivity index (χ0v) is 14.6. The lowest BCUT2D eigenvalue weighted by molar-refractivity contribution is 0.352. The van der Waals surface area contributed by atoms with E-state index in [1.807, 2.05) is 27.7 Å². The number of anilines is 1. The topological polar surface area (TPSA) is 6.48 Å². The van der Waals surface area contributed by atoms with E-state index in [-0.39, 0.29) is 0 Å². The molecule has 1 atom stereocenters. The molecule has 0 aromatic heterocycles. The number of likely N-dealkylation sites (N-methyl/N-ethyl adjacent to an activating group) is 2. The van der Waals surface area contributed by atoms with Crippen LogP contribution in [0.1, 0.15) is 46.6 Å². The van der Waals surface area contributed by atoms with Crippen molar-refractivity contribution >= 4 is 5.69 Å². The van der Waals surface area contributed by atoms with Gasteiger partial charge in [0, 0.05) is 31.9 Å². The summed E-state index contributed by atoms with van der Waals surface area (Å²) in [4.78, 5) is 4.96. The fourth-order valence-electron chi connectivity index (χ4n) is 2.47. The van der Waals surface area contributed by atoms with E-state index in [2.05, 4.69) is 55.0 Å². The summed E-state index contributed by atoms with van der Waals surface area (Å²) >= 11 is 0. The highest BCUT2D eigenvalue weighted by Crippen LogP contribution is 2.21. The van der Waals surface area contributed by atoms with Crippen LogP contribution in [0.4, 0.5) is 5.69 Å². The zero-order chi connectivity index (χ0) is 15.5. The van der Waals surface area contributed by atoms with Gasteiger partial charge >= 0.3 is 0 Å². The van der Waals surface area contributed by atoms with Crippen molar-refractivity contribution in [1.29, 1.82) is 0 Å². The molecule has 0 amide bonds. The summed E-state index contributed by atoms with van der Waals surface area (Å²) < 4.78 is 0. The van der Waals surface area contributed by atoms with Gasteiger partial charge in [0.1, 0.15) is 0 Å². The van der Waals surface area contributed by atoms with Gasteiger partial charge in [-0.15, -0.1) is 0 Å². The molecule has 1 heterocycles. The first kappa shape index (κ1) is 19.0. The second-order valence-corrected chi connectivity index (χ2v) is 4.79. The van der Waals surface area contributed by atoms with E-state index in [1.165, 1.54) is 37.3 Å². The number of benzene rings is 1. The smallest absolute Gasteiger partial charge is 0.0426 e. The molecular weight excluding hydrogens is 244 g/mol. The van der Waals surface area contributed by atoms with Crippen LogP contribution in [0.3, 0.4) is 0 Å². The third kappa shape index (κ3) is 5.54. The second kappa shape index (κ2) is 10.7. The first-order valence-corrected chi connectivity index (χ1v) is 8.22. The van der Waals surface area contributed by atoms with Crippen LogP contribution in [0.2, 0.25) is 0 Å². The van der Waals surface area contributed by atoms with Crippen LogP contribution in [-0.4, -0.2) is 37.6 Å². The van der Waals surface area contributed by atoms with E-state index in [0.29, 0.717) is 6.04 Å². The molecule has 2 heteroatoms. The Balaban J connectivity index is 0.000000829. The van der Waals surface area contributed by atoms with Crippen LogP contribution in [0.15, 0.2) is 24.3 Å². The highest BCUT2D eigenvalue weighted by atomic mass is 15.2. The minimum Gasteiger partial charge on any atom is -0.370 e. The molecule has 1 aromatic rings. The minimum absolute atomic E-state index is 0.682. The van der Waals surface area contributed by atoms with E-state index < -0.39 is 0 Å². The molecule has 0 saturated carbocycles.